The molecule has 38 heavy (non-hydrogen) atoms. The van der Waals surface area contributed by atoms with Crippen molar-refractivity contribution in [3.63, 3.8) is 0 Å². The first kappa shape index (κ1) is 27.8. The predicted molar refractivity (Wildman–Crippen MR) is 155 cm³/mol. The van der Waals surface area contributed by atoms with Crippen LogP contribution in [0, 0.1) is 0 Å². The number of amides is 2. The number of allylic oxidation sites excluding steroid dienone is 1. The zero-order chi connectivity index (χ0) is 27.1. The highest BCUT2D eigenvalue weighted by molar-refractivity contribution is 8.18. The molecule has 0 saturated carbocycles. The zero-order valence-electron chi connectivity index (χ0n) is 20.9. The fourth-order valence-electron chi connectivity index (χ4n) is 4.10. The third kappa shape index (κ3) is 6.81. The van der Waals surface area contributed by atoms with Crippen molar-refractivity contribution in [3.8, 4) is 11.5 Å². The summed E-state index contributed by atoms with van der Waals surface area (Å²) in [4.78, 5) is 27.3. The van der Waals surface area contributed by atoms with Gasteiger partial charge in [-0.3, -0.25) is 14.5 Å². The molecule has 0 radical (unpaired) electrons. The van der Waals surface area contributed by atoms with Gasteiger partial charge in [0.1, 0.15) is 6.61 Å². The summed E-state index contributed by atoms with van der Waals surface area (Å²) in [5, 5.41) is 0.676. The van der Waals surface area contributed by atoms with E-state index in [0.29, 0.717) is 45.8 Å². The number of nitrogens with zero attached hydrogens (tertiary/aromatic N) is 1. The van der Waals surface area contributed by atoms with Crippen LogP contribution in [0.1, 0.15) is 28.7 Å². The first-order valence-electron chi connectivity index (χ1n) is 12.1. The standard InChI is InChI=1S/C30H27Cl2NO4S/c1-3-8-23-15-22(17-26(36-2)28(23)37-19-21-12-13-24(31)25(32)16-21)18-27-29(34)33(30(35)38-27)14-7-11-20-9-5-4-6-10-20/h3-6,9-10,12-13,15-18H,1,7-8,11,14,19H2,2H3/b27-18+. The van der Waals surface area contributed by atoms with Crippen LogP contribution in [0.25, 0.3) is 6.08 Å². The van der Waals surface area contributed by atoms with E-state index in [4.69, 9.17) is 32.7 Å². The van der Waals surface area contributed by atoms with Crippen LogP contribution in [0.2, 0.25) is 10.0 Å². The minimum atomic E-state index is -0.280. The van der Waals surface area contributed by atoms with Crippen molar-refractivity contribution in [2.75, 3.05) is 13.7 Å². The number of rotatable bonds is 11. The maximum absolute atomic E-state index is 13.0. The highest BCUT2D eigenvalue weighted by Crippen LogP contribution is 2.38. The molecule has 196 valence electrons. The van der Waals surface area contributed by atoms with E-state index in [-0.39, 0.29) is 17.8 Å². The maximum Gasteiger partial charge on any atom is 0.293 e. The van der Waals surface area contributed by atoms with E-state index in [0.717, 1.165) is 34.9 Å². The van der Waals surface area contributed by atoms with E-state index in [9.17, 15) is 9.59 Å². The van der Waals surface area contributed by atoms with Crippen LogP contribution >= 0.6 is 35.0 Å². The molecule has 2 amide bonds. The highest BCUT2D eigenvalue weighted by atomic mass is 35.5. The Hall–Kier alpha value is -3.19. The van der Waals surface area contributed by atoms with Crippen molar-refractivity contribution in [1.82, 2.24) is 4.90 Å². The Balaban J connectivity index is 1.51. The van der Waals surface area contributed by atoms with Gasteiger partial charge in [-0.05, 0) is 78.1 Å². The summed E-state index contributed by atoms with van der Waals surface area (Å²) in [6.07, 6.45) is 5.52. The quantitative estimate of drug-likeness (QED) is 0.173. The molecule has 1 fully saturated rings. The van der Waals surface area contributed by atoms with Gasteiger partial charge in [0.2, 0.25) is 0 Å². The van der Waals surface area contributed by atoms with Crippen LogP contribution in [-0.2, 0) is 24.2 Å². The van der Waals surface area contributed by atoms with E-state index in [2.05, 4.69) is 6.58 Å². The first-order valence-corrected chi connectivity index (χ1v) is 13.6. The lowest BCUT2D eigenvalue weighted by molar-refractivity contribution is -0.122. The van der Waals surface area contributed by atoms with Gasteiger partial charge < -0.3 is 9.47 Å². The molecule has 0 aromatic heterocycles. The lowest BCUT2D eigenvalue weighted by Gasteiger charge is -2.16. The van der Waals surface area contributed by atoms with Crippen molar-refractivity contribution in [3.05, 3.63) is 111 Å². The summed E-state index contributed by atoms with van der Waals surface area (Å²) in [6, 6.07) is 19.0. The maximum atomic E-state index is 13.0. The Labute approximate surface area is 237 Å². The summed E-state index contributed by atoms with van der Waals surface area (Å²) in [6.45, 7) is 4.49. The number of imide groups is 1. The lowest BCUT2D eigenvalue weighted by atomic mass is 10.0. The predicted octanol–water partition coefficient (Wildman–Crippen LogP) is 7.98. The summed E-state index contributed by atoms with van der Waals surface area (Å²) < 4.78 is 11.8. The van der Waals surface area contributed by atoms with Crippen LogP contribution in [-0.4, -0.2) is 29.7 Å². The Bertz CT molecular complexity index is 1370. The third-order valence-corrected chi connectivity index (χ3v) is 7.61. The van der Waals surface area contributed by atoms with Gasteiger partial charge in [0.25, 0.3) is 11.1 Å². The topological polar surface area (TPSA) is 55.8 Å². The summed E-state index contributed by atoms with van der Waals surface area (Å²) in [5.74, 6) is 0.805. The van der Waals surface area contributed by atoms with Crippen LogP contribution < -0.4 is 9.47 Å². The molecule has 0 atom stereocenters. The number of hydrogen-bond acceptors (Lipinski definition) is 5. The molecule has 5 nitrogen and oxygen atoms in total. The zero-order valence-corrected chi connectivity index (χ0v) is 23.2. The number of methoxy groups -OCH3 is 1. The molecule has 3 aromatic carbocycles. The highest BCUT2D eigenvalue weighted by Gasteiger charge is 2.34. The second-order valence-electron chi connectivity index (χ2n) is 8.66. The van der Waals surface area contributed by atoms with E-state index >= 15 is 0 Å². The Kier molecular flexibility index (Phi) is 9.56. The van der Waals surface area contributed by atoms with Crippen LogP contribution in [0.5, 0.6) is 11.5 Å². The second kappa shape index (κ2) is 13.1. The Morgan fingerprint density at radius 2 is 1.79 bits per heavy atom. The average Bonchev–Trinajstić information content (AvgIpc) is 3.17. The third-order valence-electron chi connectivity index (χ3n) is 5.97. The van der Waals surface area contributed by atoms with Crippen LogP contribution in [0.4, 0.5) is 4.79 Å². The molecule has 0 unspecified atom stereocenters. The SMILES string of the molecule is C=CCc1cc(/C=C2/SC(=O)N(CCCc3ccccc3)C2=O)cc(OC)c1OCc1ccc(Cl)c(Cl)c1. The normalized spacial score (nSPS) is 14.3. The van der Waals surface area contributed by atoms with Crippen molar-refractivity contribution in [2.24, 2.45) is 0 Å². The molecular weight excluding hydrogens is 541 g/mol. The number of hydrogen-bond donors (Lipinski definition) is 0. The Morgan fingerprint density at radius 1 is 1.00 bits per heavy atom. The largest absolute Gasteiger partial charge is 0.493 e. The van der Waals surface area contributed by atoms with Gasteiger partial charge in [0.15, 0.2) is 11.5 Å². The number of thioether (sulfide) groups is 1. The average molecular weight is 569 g/mol. The fourth-order valence-corrected chi connectivity index (χ4v) is 5.29. The first-order chi connectivity index (χ1) is 18.4. The molecule has 0 N–H and O–H groups in total. The lowest BCUT2D eigenvalue weighted by Crippen LogP contribution is -2.29. The summed E-state index contributed by atoms with van der Waals surface area (Å²) in [7, 11) is 1.56. The molecule has 8 heteroatoms. The number of carbonyl (C=O) groups excluding carboxylic acids is 2. The summed E-state index contributed by atoms with van der Waals surface area (Å²) in [5.41, 5.74) is 3.61. The van der Waals surface area contributed by atoms with E-state index in [1.165, 1.54) is 10.5 Å². The molecule has 0 spiro atoms. The number of aryl methyl sites for hydroxylation is 1. The molecular formula is C30H27Cl2NO4S. The van der Waals surface area contributed by atoms with Gasteiger partial charge in [0.05, 0.1) is 22.1 Å². The number of halogens is 2. The van der Waals surface area contributed by atoms with E-state index < -0.39 is 0 Å². The molecule has 1 aliphatic rings. The molecule has 1 heterocycles. The van der Waals surface area contributed by atoms with Gasteiger partial charge in [-0.15, -0.1) is 6.58 Å². The molecule has 1 saturated heterocycles. The van der Waals surface area contributed by atoms with Gasteiger partial charge in [-0.1, -0.05) is 65.7 Å². The smallest absolute Gasteiger partial charge is 0.293 e. The van der Waals surface area contributed by atoms with Gasteiger partial charge in [0, 0.05) is 12.1 Å². The monoisotopic (exact) mass is 567 g/mol. The second-order valence-corrected chi connectivity index (χ2v) is 10.5. The number of ether oxygens (including phenoxy) is 2. The number of benzene rings is 3. The minimum absolute atomic E-state index is 0.255. The van der Waals surface area contributed by atoms with Crippen molar-refractivity contribution in [2.45, 2.75) is 25.9 Å². The van der Waals surface area contributed by atoms with Crippen LogP contribution in [0.15, 0.2) is 78.2 Å². The van der Waals surface area contributed by atoms with E-state index in [1.54, 1.807) is 37.5 Å². The van der Waals surface area contributed by atoms with Crippen molar-refractivity contribution in [1.29, 1.82) is 0 Å². The molecule has 0 aliphatic carbocycles. The van der Waals surface area contributed by atoms with Crippen molar-refractivity contribution < 1.29 is 19.1 Å². The molecule has 3 aromatic rings. The fraction of sp³-hybridized carbons (Fsp3) is 0.200. The molecule has 0 bridgehead atoms. The van der Waals surface area contributed by atoms with Gasteiger partial charge >= 0.3 is 0 Å². The molecule has 1 aliphatic heterocycles. The van der Waals surface area contributed by atoms with Gasteiger partial charge in [-0.25, -0.2) is 0 Å². The Morgan fingerprint density at radius 3 is 2.50 bits per heavy atom. The van der Waals surface area contributed by atoms with Crippen LogP contribution in [0.3, 0.4) is 0 Å². The van der Waals surface area contributed by atoms with E-state index in [1.807, 2.05) is 42.5 Å². The van der Waals surface area contributed by atoms with Gasteiger partial charge in [-0.2, -0.15) is 0 Å². The minimum Gasteiger partial charge on any atom is -0.493 e. The van der Waals surface area contributed by atoms with Crippen molar-refractivity contribution >= 4 is 52.2 Å². The number of carbonyl (C=O) groups is 2. The summed E-state index contributed by atoms with van der Waals surface area (Å²) >= 11 is 13.1. The molecule has 4 rings (SSSR count).